The van der Waals surface area contributed by atoms with Crippen molar-refractivity contribution in [2.45, 2.75) is 25.3 Å². The predicted octanol–water partition coefficient (Wildman–Crippen LogP) is 0.756. The minimum Gasteiger partial charge on any atom is -0.340 e. The molecule has 26 heavy (non-hydrogen) atoms. The van der Waals surface area contributed by atoms with Gasteiger partial charge in [0.15, 0.2) is 0 Å². The van der Waals surface area contributed by atoms with Crippen LogP contribution in [-0.2, 0) is 21.4 Å². The molecule has 0 saturated carbocycles. The highest BCUT2D eigenvalue weighted by Gasteiger charge is 2.31. The van der Waals surface area contributed by atoms with Crippen LogP contribution in [0.3, 0.4) is 0 Å². The quantitative estimate of drug-likeness (QED) is 0.767. The zero-order chi connectivity index (χ0) is 18.7. The number of amides is 1. The average molecular weight is 377 g/mol. The Bertz CT molecular complexity index is 841. The molecule has 2 aromatic rings. The normalized spacial score (nSPS) is 17.2. The molecular formula is C17H23N5O3S. The van der Waals surface area contributed by atoms with E-state index in [0.717, 1.165) is 5.56 Å². The molecule has 1 saturated heterocycles. The van der Waals surface area contributed by atoms with Crippen molar-refractivity contribution in [2.24, 2.45) is 5.92 Å². The fourth-order valence-corrected chi connectivity index (χ4v) is 4.43. The smallest absolute Gasteiger partial charge is 0.243 e. The van der Waals surface area contributed by atoms with Crippen LogP contribution in [0.1, 0.15) is 12.5 Å². The fraction of sp³-hybridized carbons (Fsp3) is 0.471. The van der Waals surface area contributed by atoms with Gasteiger partial charge < -0.3 is 4.90 Å². The summed E-state index contributed by atoms with van der Waals surface area (Å²) >= 11 is 0. The third kappa shape index (κ3) is 3.94. The van der Waals surface area contributed by atoms with Crippen molar-refractivity contribution < 1.29 is 13.2 Å². The Hall–Kier alpha value is -2.26. The average Bonchev–Trinajstić information content (AvgIpc) is 3.14. The highest BCUT2D eigenvalue weighted by Crippen LogP contribution is 2.19. The number of rotatable bonds is 5. The SMILES string of the molecule is Cc1ccc(S(=O)(=O)N2CCN(C(=O)[C@H](C)Cn3cncn3)CC2)cc1. The van der Waals surface area contributed by atoms with Crippen LogP contribution in [0.4, 0.5) is 0 Å². The monoisotopic (exact) mass is 377 g/mol. The summed E-state index contributed by atoms with van der Waals surface area (Å²) in [6.07, 6.45) is 3.02. The number of hydrogen-bond acceptors (Lipinski definition) is 5. The van der Waals surface area contributed by atoms with E-state index in [-0.39, 0.29) is 11.8 Å². The van der Waals surface area contributed by atoms with Gasteiger partial charge >= 0.3 is 0 Å². The fourth-order valence-electron chi connectivity index (χ4n) is 3.01. The van der Waals surface area contributed by atoms with Crippen LogP contribution in [0.5, 0.6) is 0 Å². The van der Waals surface area contributed by atoms with E-state index in [1.54, 1.807) is 40.2 Å². The number of nitrogens with zero attached hydrogens (tertiary/aromatic N) is 5. The van der Waals surface area contributed by atoms with Crippen molar-refractivity contribution in [3.8, 4) is 0 Å². The van der Waals surface area contributed by atoms with Gasteiger partial charge in [-0.05, 0) is 19.1 Å². The van der Waals surface area contributed by atoms with E-state index in [1.165, 1.54) is 10.6 Å². The lowest BCUT2D eigenvalue weighted by atomic mass is 10.1. The topological polar surface area (TPSA) is 88.4 Å². The Morgan fingerprint density at radius 2 is 1.81 bits per heavy atom. The molecule has 0 N–H and O–H groups in total. The molecule has 1 fully saturated rings. The Morgan fingerprint density at radius 1 is 1.15 bits per heavy atom. The summed E-state index contributed by atoms with van der Waals surface area (Å²) in [5, 5.41) is 4.02. The highest BCUT2D eigenvalue weighted by molar-refractivity contribution is 7.89. The molecule has 1 atom stereocenters. The second-order valence-electron chi connectivity index (χ2n) is 6.56. The van der Waals surface area contributed by atoms with E-state index >= 15 is 0 Å². The molecule has 2 heterocycles. The summed E-state index contributed by atoms with van der Waals surface area (Å²) in [5.41, 5.74) is 1.01. The van der Waals surface area contributed by atoms with Gasteiger partial charge in [-0.2, -0.15) is 9.40 Å². The lowest BCUT2D eigenvalue weighted by molar-refractivity contribution is -0.136. The van der Waals surface area contributed by atoms with Crippen LogP contribution in [0.15, 0.2) is 41.8 Å². The number of carbonyl (C=O) groups is 1. The molecule has 9 heteroatoms. The van der Waals surface area contributed by atoms with Crippen LogP contribution < -0.4 is 0 Å². The number of benzene rings is 1. The first kappa shape index (κ1) is 18.5. The summed E-state index contributed by atoms with van der Waals surface area (Å²) in [4.78, 5) is 18.5. The molecule has 1 aliphatic heterocycles. The third-order valence-corrected chi connectivity index (χ3v) is 6.47. The van der Waals surface area contributed by atoms with Crippen molar-refractivity contribution in [1.82, 2.24) is 24.0 Å². The largest absolute Gasteiger partial charge is 0.340 e. The van der Waals surface area contributed by atoms with Gasteiger partial charge in [0, 0.05) is 26.2 Å². The molecule has 0 unspecified atom stereocenters. The molecule has 3 rings (SSSR count). The first-order chi connectivity index (χ1) is 12.4. The molecule has 1 aromatic heterocycles. The van der Waals surface area contributed by atoms with Crippen molar-refractivity contribution in [3.63, 3.8) is 0 Å². The maximum absolute atomic E-state index is 12.7. The van der Waals surface area contributed by atoms with Gasteiger partial charge in [0.1, 0.15) is 12.7 Å². The first-order valence-electron chi connectivity index (χ1n) is 8.56. The summed E-state index contributed by atoms with van der Waals surface area (Å²) in [6, 6.07) is 6.84. The molecule has 0 spiro atoms. The summed E-state index contributed by atoms with van der Waals surface area (Å²) in [6.45, 7) is 5.62. The standard InChI is InChI=1S/C17H23N5O3S/c1-14-3-5-16(6-4-14)26(24,25)22-9-7-20(8-10-22)17(23)15(2)11-21-13-18-12-19-21/h3-6,12-13,15H,7-11H2,1-2H3/t15-/m1/s1. The first-order valence-corrected chi connectivity index (χ1v) is 10.00. The van der Waals surface area contributed by atoms with Crippen LogP contribution in [0, 0.1) is 12.8 Å². The van der Waals surface area contributed by atoms with Gasteiger partial charge in [0.05, 0.1) is 17.4 Å². The number of aromatic nitrogens is 3. The van der Waals surface area contributed by atoms with Crippen molar-refractivity contribution in [2.75, 3.05) is 26.2 Å². The van der Waals surface area contributed by atoms with Crippen molar-refractivity contribution in [1.29, 1.82) is 0 Å². The van der Waals surface area contributed by atoms with Crippen LogP contribution in [0.25, 0.3) is 0 Å². The van der Waals surface area contributed by atoms with Gasteiger partial charge in [-0.3, -0.25) is 9.48 Å². The Balaban J connectivity index is 1.59. The van der Waals surface area contributed by atoms with Crippen LogP contribution in [-0.4, -0.2) is 64.5 Å². The van der Waals surface area contributed by atoms with Gasteiger partial charge in [0.2, 0.25) is 15.9 Å². The molecule has 0 radical (unpaired) electrons. The summed E-state index contributed by atoms with van der Waals surface area (Å²) < 4.78 is 28.5. The molecule has 0 bridgehead atoms. The van der Waals surface area contributed by atoms with Crippen molar-refractivity contribution in [3.05, 3.63) is 42.5 Å². The molecule has 140 valence electrons. The van der Waals surface area contributed by atoms with Gasteiger partial charge in [-0.15, -0.1) is 0 Å². The number of sulfonamides is 1. The molecule has 0 aliphatic carbocycles. The van der Waals surface area contributed by atoms with E-state index in [1.807, 2.05) is 13.8 Å². The number of aryl methyl sites for hydroxylation is 1. The Kier molecular flexibility index (Phi) is 5.38. The Labute approximate surface area is 153 Å². The number of piperazine rings is 1. The molecule has 8 nitrogen and oxygen atoms in total. The summed E-state index contributed by atoms with van der Waals surface area (Å²) in [5.74, 6) is -0.232. The predicted molar refractivity (Wildman–Crippen MR) is 95.7 cm³/mol. The van der Waals surface area contributed by atoms with Crippen LogP contribution >= 0.6 is 0 Å². The van der Waals surface area contributed by atoms with E-state index in [2.05, 4.69) is 10.1 Å². The van der Waals surface area contributed by atoms with E-state index < -0.39 is 10.0 Å². The lowest BCUT2D eigenvalue weighted by Crippen LogP contribution is -2.51. The molecular weight excluding hydrogens is 354 g/mol. The van der Waals surface area contributed by atoms with Gasteiger partial charge in [-0.1, -0.05) is 24.6 Å². The van der Waals surface area contributed by atoms with E-state index in [4.69, 9.17) is 0 Å². The van der Waals surface area contributed by atoms with Gasteiger partial charge in [-0.25, -0.2) is 13.4 Å². The molecule has 1 aliphatic rings. The lowest BCUT2D eigenvalue weighted by Gasteiger charge is -2.35. The maximum atomic E-state index is 12.7. The second-order valence-corrected chi connectivity index (χ2v) is 8.50. The van der Waals surface area contributed by atoms with E-state index in [9.17, 15) is 13.2 Å². The zero-order valence-corrected chi connectivity index (χ0v) is 15.8. The van der Waals surface area contributed by atoms with Crippen LogP contribution in [0.2, 0.25) is 0 Å². The van der Waals surface area contributed by atoms with Gasteiger partial charge in [0.25, 0.3) is 0 Å². The zero-order valence-electron chi connectivity index (χ0n) is 14.9. The number of carbonyl (C=O) groups excluding carboxylic acids is 1. The highest BCUT2D eigenvalue weighted by atomic mass is 32.2. The van der Waals surface area contributed by atoms with Crippen molar-refractivity contribution >= 4 is 15.9 Å². The third-order valence-electron chi connectivity index (χ3n) is 4.56. The summed E-state index contributed by atoms with van der Waals surface area (Å²) in [7, 11) is -3.52. The Morgan fingerprint density at radius 3 is 2.38 bits per heavy atom. The molecule has 1 amide bonds. The number of hydrogen-bond donors (Lipinski definition) is 0. The minimum atomic E-state index is -3.52. The second kappa shape index (κ2) is 7.55. The minimum absolute atomic E-state index is 0.00730. The molecule has 1 aromatic carbocycles. The maximum Gasteiger partial charge on any atom is 0.243 e. The van der Waals surface area contributed by atoms with E-state index in [0.29, 0.717) is 37.6 Å².